The summed E-state index contributed by atoms with van der Waals surface area (Å²) in [4.78, 5) is 22.0. The van der Waals surface area contributed by atoms with Gasteiger partial charge in [-0.15, -0.1) is 0 Å². The Kier molecular flexibility index (Phi) is 6.75. The summed E-state index contributed by atoms with van der Waals surface area (Å²) in [6.45, 7) is 2.47. The predicted molar refractivity (Wildman–Crippen MR) is 80.2 cm³/mol. The third kappa shape index (κ3) is 5.14. The topological polar surface area (TPSA) is 69.4 Å². The number of nitrogens with zero attached hydrogens (tertiary/aromatic N) is 1. The van der Waals surface area contributed by atoms with Gasteiger partial charge in [-0.05, 0) is 35.1 Å². The maximum absolute atomic E-state index is 11.8. The molecule has 6 heteroatoms. The van der Waals surface area contributed by atoms with Crippen LogP contribution in [-0.2, 0) is 4.74 Å². The second kappa shape index (κ2) is 8.08. The van der Waals surface area contributed by atoms with Crippen LogP contribution in [0.1, 0.15) is 43.0 Å². The molecule has 0 aliphatic heterocycles. The van der Waals surface area contributed by atoms with Gasteiger partial charge in [0.25, 0.3) is 5.69 Å². The highest BCUT2D eigenvalue weighted by Crippen LogP contribution is 2.20. The Labute approximate surface area is 125 Å². The summed E-state index contributed by atoms with van der Waals surface area (Å²) in [5.41, 5.74) is 0.156. The molecule has 0 saturated heterocycles. The number of nitro groups is 1. The fraction of sp³-hybridized carbons (Fsp3) is 0.462. The van der Waals surface area contributed by atoms with Gasteiger partial charge in [0.2, 0.25) is 0 Å². The molecular formula is C13H16INO4. The molecule has 0 saturated carbocycles. The van der Waals surface area contributed by atoms with Crippen molar-refractivity contribution < 1.29 is 14.5 Å². The molecule has 0 atom stereocenters. The van der Waals surface area contributed by atoms with E-state index in [-0.39, 0.29) is 11.3 Å². The number of benzene rings is 1. The molecule has 0 spiro atoms. The number of nitro benzene ring substituents is 1. The first-order valence-corrected chi connectivity index (χ1v) is 7.25. The Morgan fingerprint density at radius 2 is 2.11 bits per heavy atom. The molecule has 1 rings (SSSR count). The third-order valence-corrected chi connectivity index (χ3v) is 3.55. The predicted octanol–water partition coefficient (Wildman–Crippen LogP) is 3.94. The first kappa shape index (κ1) is 15.9. The maximum Gasteiger partial charge on any atom is 0.339 e. The number of esters is 1. The second-order valence-corrected chi connectivity index (χ2v) is 5.28. The molecule has 0 N–H and O–H groups in total. The van der Waals surface area contributed by atoms with E-state index in [0.29, 0.717) is 10.2 Å². The van der Waals surface area contributed by atoms with Crippen LogP contribution < -0.4 is 0 Å². The van der Waals surface area contributed by atoms with E-state index in [1.54, 1.807) is 6.07 Å². The van der Waals surface area contributed by atoms with Crippen molar-refractivity contribution in [2.45, 2.75) is 32.6 Å². The van der Waals surface area contributed by atoms with Crippen molar-refractivity contribution in [3.8, 4) is 0 Å². The van der Waals surface area contributed by atoms with Gasteiger partial charge in [0.1, 0.15) is 0 Å². The zero-order valence-electron chi connectivity index (χ0n) is 10.7. The largest absolute Gasteiger partial charge is 0.462 e. The SMILES string of the molecule is CCCCCCOC(=O)c1cc([N+](=O)[O-])ccc1I. The fourth-order valence-corrected chi connectivity index (χ4v) is 2.11. The number of rotatable bonds is 7. The summed E-state index contributed by atoms with van der Waals surface area (Å²) in [6, 6.07) is 4.18. The molecule has 0 aliphatic carbocycles. The van der Waals surface area contributed by atoms with E-state index < -0.39 is 10.9 Å². The van der Waals surface area contributed by atoms with E-state index in [4.69, 9.17) is 4.74 Å². The molecule has 0 heterocycles. The molecule has 1 aromatic rings. The summed E-state index contributed by atoms with van der Waals surface area (Å²) in [7, 11) is 0. The molecule has 104 valence electrons. The highest BCUT2D eigenvalue weighted by Gasteiger charge is 2.16. The highest BCUT2D eigenvalue weighted by atomic mass is 127. The lowest BCUT2D eigenvalue weighted by Gasteiger charge is -2.06. The monoisotopic (exact) mass is 377 g/mol. The normalized spacial score (nSPS) is 10.2. The van der Waals surface area contributed by atoms with Gasteiger partial charge < -0.3 is 4.74 Å². The van der Waals surface area contributed by atoms with Crippen LogP contribution in [0, 0.1) is 13.7 Å². The minimum absolute atomic E-state index is 0.0988. The van der Waals surface area contributed by atoms with Crippen molar-refractivity contribution in [2.24, 2.45) is 0 Å². The lowest BCUT2D eigenvalue weighted by atomic mass is 10.2. The quantitative estimate of drug-likeness (QED) is 0.237. The van der Waals surface area contributed by atoms with Crippen LogP contribution in [0.3, 0.4) is 0 Å². The van der Waals surface area contributed by atoms with E-state index in [9.17, 15) is 14.9 Å². The van der Waals surface area contributed by atoms with Gasteiger partial charge >= 0.3 is 5.97 Å². The van der Waals surface area contributed by atoms with Gasteiger partial charge in [-0.1, -0.05) is 26.2 Å². The number of hydrogen-bond donors (Lipinski definition) is 0. The molecule has 19 heavy (non-hydrogen) atoms. The van der Waals surface area contributed by atoms with E-state index in [2.05, 4.69) is 6.92 Å². The molecule has 1 aromatic carbocycles. The van der Waals surface area contributed by atoms with Gasteiger partial charge in [-0.3, -0.25) is 10.1 Å². The van der Waals surface area contributed by atoms with Crippen molar-refractivity contribution in [1.29, 1.82) is 0 Å². The van der Waals surface area contributed by atoms with E-state index in [1.165, 1.54) is 12.1 Å². The van der Waals surface area contributed by atoms with Crippen molar-refractivity contribution in [1.82, 2.24) is 0 Å². The van der Waals surface area contributed by atoms with Gasteiger partial charge in [-0.2, -0.15) is 0 Å². The Hall–Kier alpha value is -1.18. The summed E-state index contributed by atoms with van der Waals surface area (Å²) < 4.78 is 5.78. The number of non-ortho nitro benzene ring substituents is 1. The van der Waals surface area contributed by atoms with E-state index >= 15 is 0 Å². The summed E-state index contributed by atoms with van der Waals surface area (Å²) in [5, 5.41) is 10.7. The van der Waals surface area contributed by atoms with Crippen LogP contribution in [0.2, 0.25) is 0 Å². The molecule has 0 bridgehead atoms. The average molecular weight is 377 g/mol. The van der Waals surface area contributed by atoms with Gasteiger partial charge in [0, 0.05) is 15.7 Å². The van der Waals surface area contributed by atoms with Crippen LogP contribution in [0.15, 0.2) is 18.2 Å². The van der Waals surface area contributed by atoms with Crippen LogP contribution in [0.25, 0.3) is 0 Å². The smallest absolute Gasteiger partial charge is 0.339 e. The van der Waals surface area contributed by atoms with Crippen LogP contribution in [0.5, 0.6) is 0 Å². The summed E-state index contributed by atoms with van der Waals surface area (Å²) in [6.07, 6.45) is 4.09. The first-order chi connectivity index (χ1) is 9.06. The average Bonchev–Trinajstić information content (AvgIpc) is 2.38. The minimum atomic E-state index is -0.520. The van der Waals surface area contributed by atoms with E-state index in [0.717, 1.165) is 25.7 Å². The first-order valence-electron chi connectivity index (χ1n) is 6.17. The number of ether oxygens (including phenoxy) is 1. The maximum atomic E-state index is 11.8. The zero-order valence-corrected chi connectivity index (χ0v) is 12.9. The molecule has 0 radical (unpaired) electrons. The summed E-state index contributed by atoms with van der Waals surface area (Å²) >= 11 is 1.97. The lowest BCUT2D eigenvalue weighted by molar-refractivity contribution is -0.384. The number of carbonyl (C=O) groups excluding carboxylic acids is 1. The second-order valence-electron chi connectivity index (χ2n) is 4.12. The number of halogens is 1. The number of unbranched alkanes of at least 4 members (excludes halogenated alkanes) is 3. The fourth-order valence-electron chi connectivity index (χ4n) is 1.55. The van der Waals surface area contributed by atoms with Crippen molar-refractivity contribution >= 4 is 34.2 Å². The number of carbonyl (C=O) groups is 1. The number of hydrogen-bond acceptors (Lipinski definition) is 4. The molecule has 0 aliphatic rings. The van der Waals surface area contributed by atoms with Gasteiger partial charge in [-0.25, -0.2) is 4.79 Å². The van der Waals surface area contributed by atoms with E-state index in [1.807, 2.05) is 22.6 Å². The molecule has 0 fully saturated rings. The lowest BCUT2D eigenvalue weighted by Crippen LogP contribution is -2.09. The Bertz CT molecular complexity index is 462. The van der Waals surface area contributed by atoms with Gasteiger partial charge in [0.05, 0.1) is 17.1 Å². The van der Waals surface area contributed by atoms with Gasteiger partial charge in [0.15, 0.2) is 0 Å². The van der Waals surface area contributed by atoms with Crippen LogP contribution in [-0.4, -0.2) is 17.5 Å². The molecule has 5 nitrogen and oxygen atoms in total. The van der Waals surface area contributed by atoms with Crippen molar-refractivity contribution in [3.63, 3.8) is 0 Å². The molecule has 0 unspecified atom stereocenters. The Morgan fingerprint density at radius 3 is 2.74 bits per heavy atom. The molecule has 0 aromatic heterocycles. The molecule has 0 amide bonds. The van der Waals surface area contributed by atoms with Crippen molar-refractivity contribution in [2.75, 3.05) is 6.61 Å². The highest BCUT2D eigenvalue weighted by molar-refractivity contribution is 14.1. The zero-order chi connectivity index (χ0) is 14.3. The van der Waals surface area contributed by atoms with Crippen LogP contribution in [0.4, 0.5) is 5.69 Å². The third-order valence-electron chi connectivity index (χ3n) is 2.61. The minimum Gasteiger partial charge on any atom is -0.462 e. The Morgan fingerprint density at radius 1 is 1.37 bits per heavy atom. The Balaban J connectivity index is 2.61. The standard InChI is InChI=1S/C13H16INO4/c1-2-3-4-5-8-19-13(16)11-9-10(15(17)18)6-7-12(11)14/h6-7,9H,2-5,8H2,1H3. The molecular weight excluding hydrogens is 361 g/mol. The summed E-state index contributed by atoms with van der Waals surface area (Å²) in [5.74, 6) is -0.496. The van der Waals surface area contributed by atoms with Crippen molar-refractivity contribution in [3.05, 3.63) is 37.4 Å². The van der Waals surface area contributed by atoms with Crippen LogP contribution >= 0.6 is 22.6 Å².